The zero-order valence-corrected chi connectivity index (χ0v) is 100. The van der Waals surface area contributed by atoms with Gasteiger partial charge in [0.25, 0.3) is 0 Å². The third-order valence-electron chi connectivity index (χ3n) is 15.8. The molecule has 5 aliphatic carbocycles. The molecule has 0 aromatic rings. The van der Waals surface area contributed by atoms with Gasteiger partial charge in [0.05, 0.1) is 134 Å². The number of rotatable bonds is 30. The van der Waals surface area contributed by atoms with E-state index in [2.05, 4.69) is 6.42 Å². The van der Waals surface area contributed by atoms with E-state index in [0.717, 1.165) is 32.1 Å². The maximum absolute atomic E-state index is 12.4. The first kappa shape index (κ1) is 126. The van der Waals surface area contributed by atoms with Gasteiger partial charge in [-0.05, 0) is 216 Å². The molecule has 5 aliphatic rings. The van der Waals surface area contributed by atoms with Crippen LogP contribution in [0, 0.1) is 61.7 Å². The van der Waals surface area contributed by atoms with Gasteiger partial charge in [-0.1, -0.05) is 18.6 Å². The minimum atomic E-state index is -3.19. The van der Waals surface area contributed by atoms with Crippen LogP contribution in [0.3, 0.4) is 0 Å². The molecule has 0 amide bonds. The molecule has 0 radical (unpaired) electrons. The second kappa shape index (κ2) is 59.4. The van der Waals surface area contributed by atoms with Crippen molar-refractivity contribution in [2.24, 2.45) is 29.6 Å². The van der Waals surface area contributed by atoms with Crippen LogP contribution in [0.15, 0.2) is 0 Å². The average molecular weight is 2280 g/mol. The maximum atomic E-state index is 12.4. The van der Waals surface area contributed by atoms with Crippen LogP contribution in [-0.2, 0) is 91.7 Å². The fourth-order valence-corrected chi connectivity index (χ4v) is 19.6. The van der Waals surface area contributed by atoms with Crippen molar-refractivity contribution in [3.05, 3.63) is 32.1 Å². The SMILES string of the molecule is CC(C)OP(C)(=O)OC1C(O)C[CH-]CC1COC(C)(C)C.CC(C)OP(C)(=O)OC1C(O)C[CH-]CC1COC(C)(C)C.CC(C)OP(C)(=O)OC1CC(O)[CH-]CC1COC(C)(C)C.CC(C)OP(C)(=O)OC1CC(O)[CH-]CC1COC(C)(C)C.CC(C)OP(C)(=O)OC1CC[CH-]CC1COC(C)(C)C.[Ba+2].[Ba+2].[Ba+2].[Ba+2].[Ba+2].[H-].[H-].[H-].[H-].[H-]. The van der Waals surface area contributed by atoms with Gasteiger partial charge in [-0.15, -0.1) is 0 Å². The Bertz CT molecular complexity index is 2510. The molecule has 5 saturated carbocycles. The van der Waals surface area contributed by atoms with Crippen LogP contribution in [-0.4, -0.2) is 445 Å². The van der Waals surface area contributed by atoms with Gasteiger partial charge in [0.2, 0.25) is 0 Å². The molecule has 0 heterocycles. The van der Waals surface area contributed by atoms with E-state index < -0.39 is 74.6 Å². The van der Waals surface area contributed by atoms with Gasteiger partial charge < -0.3 is 116 Å². The largest absolute Gasteiger partial charge is 2.00 e. The summed E-state index contributed by atoms with van der Waals surface area (Å²) >= 11 is 0. The Morgan fingerprint density at radius 2 is 0.550 bits per heavy atom. The first-order valence-electron chi connectivity index (χ1n) is 37.8. The summed E-state index contributed by atoms with van der Waals surface area (Å²) in [5.41, 5.74) is -1.13. The summed E-state index contributed by atoms with van der Waals surface area (Å²) in [5.74, 6) is 0.384. The number of hydrogen-bond donors (Lipinski definition) is 4. The average Bonchev–Trinajstić information content (AvgIpc) is 0.812. The molecular formula is C75H155Ba5O24P5. The molecule has 5 rings (SSSR count). The van der Waals surface area contributed by atoms with Crippen molar-refractivity contribution in [1.29, 1.82) is 0 Å². The molecule has 19 atom stereocenters. The molecule has 19 unspecified atom stereocenters. The molecule has 0 spiro atoms. The zero-order chi connectivity index (χ0) is 80.4. The predicted octanol–water partition coefficient (Wildman–Crippen LogP) is 16.7. The third kappa shape index (κ3) is 64.6. The van der Waals surface area contributed by atoms with Crippen molar-refractivity contribution in [3.63, 3.8) is 0 Å². The Labute approximate surface area is 872 Å². The monoisotopic (exact) mass is 2280 g/mol. The van der Waals surface area contributed by atoms with Crippen molar-refractivity contribution in [2.45, 2.75) is 357 Å². The van der Waals surface area contributed by atoms with Crippen molar-refractivity contribution in [2.75, 3.05) is 66.4 Å². The number of aliphatic hydroxyl groups is 4. The molecule has 34 heteroatoms. The third-order valence-corrected chi connectivity index (χ3v) is 23.0. The summed E-state index contributed by atoms with van der Waals surface area (Å²) in [6.07, 6.45) is 12.8. The number of hydrogen-bond acceptors (Lipinski definition) is 24. The molecule has 4 N–H and O–H groups in total. The molecule has 5 fully saturated rings. The van der Waals surface area contributed by atoms with E-state index in [1.54, 1.807) is 6.66 Å². The predicted molar refractivity (Wildman–Crippen MR) is 450 cm³/mol. The Hall–Kier alpha value is 8.25. The summed E-state index contributed by atoms with van der Waals surface area (Å²) in [7, 11) is -15.6. The zero-order valence-electron chi connectivity index (χ0n) is 78.4. The molecule has 0 aliphatic heterocycles. The summed E-state index contributed by atoms with van der Waals surface area (Å²) in [5, 5.41) is 40.0. The molecule has 24 nitrogen and oxygen atoms in total. The van der Waals surface area contributed by atoms with Crippen molar-refractivity contribution < 1.29 is 119 Å². The fraction of sp³-hybridized carbons (Fsp3) is 0.933. The van der Waals surface area contributed by atoms with E-state index in [1.165, 1.54) is 26.7 Å². The summed E-state index contributed by atoms with van der Waals surface area (Å²) in [6, 6.07) is 0. The molecular weight excluding hydrogens is 2130 g/mol. The van der Waals surface area contributed by atoms with E-state index >= 15 is 0 Å². The summed E-state index contributed by atoms with van der Waals surface area (Å²) in [4.78, 5) is 0. The first-order chi connectivity index (χ1) is 47.1. The van der Waals surface area contributed by atoms with Crippen molar-refractivity contribution in [1.82, 2.24) is 0 Å². The van der Waals surface area contributed by atoms with Gasteiger partial charge in [-0.25, -0.2) is 0 Å². The topological polar surface area (TPSA) is 305 Å². The number of ether oxygens (including phenoxy) is 5. The molecule has 634 valence electrons. The summed E-state index contributed by atoms with van der Waals surface area (Å²) < 4.78 is 146. The van der Waals surface area contributed by atoms with Crippen LogP contribution in [0.4, 0.5) is 0 Å². The van der Waals surface area contributed by atoms with Crippen LogP contribution in [0.5, 0.6) is 0 Å². The number of aliphatic hydroxyl groups excluding tert-OH is 4. The fourth-order valence-electron chi connectivity index (χ4n) is 11.7. The summed E-state index contributed by atoms with van der Waals surface area (Å²) in [6.45, 7) is 58.3. The second-order valence-corrected chi connectivity index (χ2v) is 44.7. The Morgan fingerprint density at radius 1 is 0.330 bits per heavy atom. The molecule has 0 aromatic carbocycles. The Balaban J connectivity index is -0.000000145. The van der Waals surface area contributed by atoms with Crippen LogP contribution in [0.25, 0.3) is 0 Å². The van der Waals surface area contributed by atoms with E-state index in [9.17, 15) is 43.3 Å². The quantitative estimate of drug-likeness (QED) is 0.0295. The minimum absolute atomic E-state index is 0. The molecule has 0 aromatic heterocycles. The minimum Gasteiger partial charge on any atom is -1.00 e. The maximum Gasteiger partial charge on any atom is 2.00 e. The smallest absolute Gasteiger partial charge is 1.00 e. The van der Waals surface area contributed by atoms with Gasteiger partial charge in [-0.2, -0.15) is 51.4 Å². The van der Waals surface area contributed by atoms with Gasteiger partial charge in [0, 0.05) is 33.3 Å². The molecule has 0 bridgehead atoms. The van der Waals surface area contributed by atoms with Gasteiger partial charge in [-0.3, -0.25) is 35.7 Å². The van der Waals surface area contributed by atoms with Crippen LogP contribution < -0.4 is 0 Å². The van der Waals surface area contributed by atoms with E-state index in [-0.39, 0.29) is 358 Å². The normalized spacial score (nSPS) is 28.5. The van der Waals surface area contributed by atoms with E-state index in [0.29, 0.717) is 71.6 Å². The van der Waals surface area contributed by atoms with E-state index in [4.69, 9.17) is 68.9 Å². The first-order valence-corrected chi connectivity index (χ1v) is 47.8. The van der Waals surface area contributed by atoms with E-state index in [1.807, 2.05) is 199 Å². The molecule has 0 saturated heterocycles. The Morgan fingerprint density at radius 3 is 0.798 bits per heavy atom. The van der Waals surface area contributed by atoms with Crippen molar-refractivity contribution >= 4 is 282 Å². The van der Waals surface area contributed by atoms with Gasteiger partial charge in [0.1, 0.15) is 0 Å². The van der Waals surface area contributed by atoms with Gasteiger partial charge >= 0.3 is 282 Å². The standard InChI is InChI=1S/4C15H30O5P.C15H30O4P.5Ba.5H/c2*1-11(2)19-21(6,17)20-14-9-13(16)8-7-12(14)10-18-15(3,4)5;2*1-11(2)19-21(6,17)20-14-12(8-7-9-13(14)16)10-18-15(3,4)5;1-12(2)18-20(6,16)19-14-10-8-7-9-13(14)11-17-15(3,4)5;;;;;;;;;;/h2*8,11-14,16H,7,9-10H2,1-6H3;2*7,11-14,16H,8-10H2,1-6H3;7,12-14H,8-11H2,1-6H3;;;;;;;;;;/q5*-1;5*+2;5*-1. The van der Waals surface area contributed by atoms with Crippen LogP contribution in [0.1, 0.15) is 251 Å². The molecule has 109 heavy (non-hydrogen) atoms. The van der Waals surface area contributed by atoms with Crippen LogP contribution in [0.2, 0.25) is 0 Å². The second-order valence-electron chi connectivity index (χ2n) is 34.9. The van der Waals surface area contributed by atoms with Crippen LogP contribution >= 0.6 is 38.0 Å². The van der Waals surface area contributed by atoms with Crippen molar-refractivity contribution in [3.8, 4) is 0 Å². The van der Waals surface area contributed by atoms with Gasteiger partial charge in [0.15, 0.2) is 0 Å². The Kier molecular flexibility index (Phi) is 68.5.